The molecule has 1 aromatic rings. The Kier molecular flexibility index (Phi) is 2.55. The first-order chi connectivity index (χ1) is 6.00. The van der Waals surface area contributed by atoms with E-state index in [9.17, 15) is 4.79 Å². The van der Waals surface area contributed by atoms with Crippen LogP contribution in [0.5, 0.6) is 0 Å². The third-order valence-electron chi connectivity index (χ3n) is 1.78. The fourth-order valence-electron chi connectivity index (χ4n) is 0.897. The molecule has 0 bridgehead atoms. The van der Waals surface area contributed by atoms with Crippen LogP contribution in [0.25, 0.3) is 0 Å². The van der Waals surface area contributed by atoms with Crippen molar-refractivity contribution in [2.75, 3.05) is 19.8 Å². The van der Waals surface area contributed by atoms with Gasteiger partial charge in [-0.3, -0.25) is 9.48 Å². The molecule has 0 aliphatic heterocycles. The van der Waals surface area contributed by atoms with E-state index in [1.807, 2.05) is 6.92 Å². The molecule has 0 spiro atoms. The van der Waals surface area contributed by atoms with Gasteiger partial charge in [0.25, 0.3) is 0 Å². The summed E-state index contributed by atoms with van der Waals surface area (Å²) in [5.74, 6) is 0.481. The Hall–Kier alpha value is -1.52. The molecule has 2 N–H and O–H groups in total. The van der Waals surface area contributed by atoms with Crippen molar-refractivity contribution in [3.05, 3.63) is 11.8 Å². The molecular formula is C8H14N4O. The normalized spacial score (nSPS) is 10.1. The smallest absolute Gasteiger partial charge is 0.243 e. The Balaban J connectivity index is 2.70. The van der Waals surface area contributed by atoms with Gasteiger partial charge < -0.3 is 10.6 Å². The quantitative estimate of drug-likeness (QED) is 0.692. The Bertz CT molecular complexity index is 296. The second-order valence-corrected chi connectivity index (χ2v) is 3.18. The minimum absolute atomic E-state index is 0.00231. The van der Waals surface area contributed by atoms with E-state index in [1.54, 1.807) is 25.0 Å². The van der Waals surface area contributed by atoms with Crippen LogP contribution < -0.4 is 5.73 Å². The number of nitrogens with two attached hydrogens (primary N) is 1. The van der Waals surface area contributed by atoms with Crippen LogP contribution in [0.15, 0.2) is 6.20 Å². The van der Waals surface area contributed by atoms with Crippen LogP contribution in [0, 0.1) is 6.92 Å². The van der Waals surface area contributed by atoms with Crippen LogP contribution in [-0.2, 0) is 11.3 Å². The zero-order chi connectivity index (χ0) is 10.0. The molecule has 1 rings (SSSR count). The molecule has 0 radical (unpaired) electrons. The third-order valence-corrected chi connectivity index (χ3v) is 1.78. The van der Waals surface area contributed by atoms with Gasteiger partial charge in [0.15, 0.2) is 0 Å². The summed E-state index contributed by atoms with van der Waals surface area (Å²) in [5, 5.41) is 3.98. The monoisotopic (exact) mass is 182 g/mol. The summed E-state index contributed by atoms with van der Waals surface area (Å²) < 4.78 is 1.55. The van der Waals surface area contributed by atoms with Gasteiger partial charge in [-0.1, -0.05) is 0 Å². The zero-order valence-corrected chi connectivity index (χ0v) is 8.11. The lowest BCUT2D eigenvalue weighted by atomic mass is 10.4. The van der Waals surface area contributed by atoms with E-state index in [0.717, 1.165) is 5.56 Å². The van der Waals surface area contributed by atoms with Crippen molar-refractivity contribution in [1.82, 2.24) is 14.7 Å². The summed E-state index contributed by atoms with van der Waals surface area (Å²) in [6.07, 6.45) is 1.76. The Morgan fingerprint density at radius 1 is 1.69 bits per heavy atom. The number of amides is 1. The number of likely N-dealkylation sites (N-methyl/N-ethyl adjacent to an activating group) is 1. The first-order valence-electron chi connectivity index (χ1n) is 4.00. The average Bonchev–Trinajstić information content (AvgIpc) is 2.31. The highest BCUT2D eigenvalue weighted by molar-refractivity contribution is 5.75. The maximum Gasteiger partial charge on any atom is 0.243 e. The fourth-order valence-corrected chi connectivity index (χ4v) is 0.897. The highest BCUT2D eigenvalue weighted by Gasteiger charge is 2.07. The van der Waals surface area contributed by atoms with Gasteiger partial charge in [0.1, 0.15) is 12.4 Å². The van der Waals surface area contributed by atoms with Crippen molar-refractivity contribution in [1.29, 1.82) is 0 Å². The molecule has 0 saturated carbocycles. The molecule has 0 aliphatic carbocycles. The second-order valence-electron chi connectivity index (χ2n) is 3.18. The number of rotatable bonds is 2. The molecule has 5 heteroatoms. The number of nitrogen functional groups attached to an aromatic ring is 1. The van der Waals surface area contributed by atoms with Crippen LogP contribution >= 0.6 is 0 Å². The Labute approximate surface area is 77.1 Å². The molecule has 0 aromatic carbocycles. The number of hydrogen-bond donors (Lipinski definition) is 1. The van der Waals surface area contributed by atoms with Gasteiger partial charge in [0, 0.05) is 25.9 Å². The summed E-state index contributed by atoms with van der Waals surface area (Å²) in [5.41, 5.74) is 6.43. The van der Waals surface area contributed by atoms with Crippen molar-refractivity contribution in [2.24, 2.45) is 0 Å². The summed E-state index contributed by atoms with van der Waals surface area (Å²) in [4.78, 5) is 12.8. The summed E-state index contributed by atoms with van der Waals surface area (Å²) in [6, 6.07) is 0. The molecule has 0 unspecified atom stereocenters. The molecule has 0 fully saturated rings. The highest BCUT2D eigenvalue weighted by atomic mass is 16.2. The number of nitrogens with zero attached hydrogens (tertiary/aromatic N) is 3. The number of aryl methyl sites for hydroxylation is 1. The average molecular weight is 182 g/mol. The minimum Gasteiger partial charge on any atom is -0.382 e. The lowest BCUT2D eigenvalue weighted by Gasteiger charge is -2.09. The molecule has 72 valence electrons. The van der Waals surface area contributed by atoms with Crippen LogP contribution in [-0.4, -0.2) is 34.7 Å². The van der Waals surface area contributed by atoms with Crippen LogP contribution in [0.4, 0.5) is 5.82 Å². The summed E-state index contributed by atoms with van der Waals surface area (Å²) in [7, 11) is 3.42. The molecule has 1 amide bonds. The number of aromatic nitrogens is 2. The van der Waals surface area contributed by atoms with E-state index in [4.69, 9.17) is 5.73 Å². The first kappa shape index (κ1) is 9.57. The molecule has 0 aliphatic rings. The molecule has 5 nitrogen and oxygen atoms in total. The van der Waals surface area contributed by atoms with Gasteiger partial charge in [0.05, 0.1) is 0 Å². The Morgan fingerprint density at radius 2 is 2.31 bits per heavy atom. The molecule has 13 heavy (non-hydrogen) atoms. The number of carbonyl (C=O) groups is 1. The first-order valence-corrected chi connectivity index (χ1v) is 4.00. The van der Waals surface area contributed by atoms with Crippen molar-refractivity contribution in [3.8, 4) is 0 Å². The molecular weight excluding hydrogens is 168 g/mol. The van der Waals surface area contributed by atoms with Gasteiger partial charge in [-0.25, -0.2) is 0 Å². The van der Waals surface area contributed by atoms with Gasteiger partial charge in [-0.2, -0.15) is 5.10 Å². The Morgan fingerprint density at radius 3 is 2.69 bits per heavy atom. The predicted octanol–water partition coefficient (Wildman–Crippen LogP) is -0.138. The molecule has 1 heterocycles. The van der Waals surface area contributed by atoms with Gasteiger partial charge in [0.2, 0.25) is 5.91 Å². The largest absolute Gasteiger partial charge is 0.382 e. The lowest BCUT2D eigenvalue weighted by Crippen LogP contribution is -2.26. The van der Waals surface area contributed by atoms with E-state index < -0.39 is 0 Å². The van der Waals surface area contributed by atoms with E-state index in [1.165, 1.54) is 4.90 Å². The summed E-state index contributed by atoms with van der Waals surface area (Å²) >= 11 is 0. The fraction of sp³-hybridized carbons (Fsp3) is 0.500. The number of anilines is 1. The third kappa shape index (κ3) is 2.21. The van der Waals surface area contributed by atoms with Crippen LogP contribution in [0.1, 0.15) is 5.56 Å². The maximum atomic E-state index is 11.3. The van der Waals surface area contributed by atoms with E-state index >= 15 is 0 Å². The van der Waals surface area contributed by atoms with E-state index in [-0.39, 0.29) is 12.5 Å². The molecule has 0 atom stereocenters. The van der Waals surface area contributed by atoms with Crippen molar-refractivity contribution < 1.29 is 4.79 Å². The van der Waals surface area contributed by atoms with E-state index in [2.05, 4.69) is 5.10 Å². The zero-order valence-electron chi connectivity index (χ0n) is 8.11. The number of hydrogen-bond acceptors (Lipinski definition) is 3. The lowest BCUT2D eigenvalue weighted by molar-refractivity contribution is -0.129. The van der Waals surface area contributed by atoms with Crippen molar-refractivity contribution in [2.45, 2.75) is 13.5 Å². The van der Waals surface area contributed by atoms with Gasteiger partial charge >= 0.3 is 0 Å². The van der Waals surface area contributed by atoms with E-state index in [0.29, 0.717) is 5.82 Å². The summed E-state index contributed by atoms with van der Waals surface area (Å²) in [6.45, 7) is 2.10. The van der Waals surface area contributed by atoms with Crippen molar-refractivity contribution >= 4 is 11.7 Å². The van der Waals surface area contributed by atoms with Gasteiger partial charge in [-0.05, 0) is 6.92 Å². The van der Waals surface area contributed by atoms with Crippen LogP contribution in [0.3, 0.4) is 0 Å². The highest BCUT2D eigenvalue weighted by Crippen LogP contribution is 2.05. The maximum absolute atomic E-state index is 11.3. The number of carbonyl (C=O) groups excluding carboxylic acids is 1. The van der Waals surface area contributed by atoms with Crippen molar-refractivity contribution in [3.63, 3.8) is 0 Å². The minimum atomic E-state index is 0.00231. The van der Waals surface area contributed by atoms with Crippen LogP contribution in [0.2, 0.25) is 0 Å². The standard InChI is InChI=1S/C8H14N4O/c1-6-4-12(10-8(6)9)5-7(13)11(2)3/h4H,5H2,1-3H3,(H2,9,10). The topological polar surface area (TPSA) is 64.2 Å². The second kappa shape index (κ2) is 3.47. The SMILES string of the molecule is Cc1cn(CC(=O)N(C)C)nc1N. The molecule has 1 aromatic heterocycles. The molecule has 0 saturated heterocycles. The van der Waals surface area contributed by atoms with Gasteiger partial charge in [-0.15, -0.1) is 0 Å². The predicted molar refractivity (Wildman–Crippen MR) is 50.1 cm³/mol.